The molecule has 0 aliphatic carbocycles. The van der Waals surface area contributed by atoms with Gasteiger partial charge in [0.25, 0.3) is 0 Å². The maximum absolute atomic E-state index is 12.7. The molecule has 1 aromatic heterocycles. The van der Waals surface area contributed by atoms with Gasteiger partial charge < -0.3 is 24.8 Å². The van der Waals surface area contributed by atoms with Crippen LogP contribution in [0.15, 0.2) is 91.1 Å². The van der Waals surface area contributed by atoms with Gasteiger partial charge in [-0.15, -0.1) is 13.2 Å². The lowest BCUT2D eigenvalue weighted by atomic mass is 9.86. The van der Waals surface area contributed by atoms with Crippen LogP contribution < -0.4 is 24.8 Å². The number of halogens is 3. The Morgan fingerprint density at radius 2 is 1.50 bits per heavy atom. The van der Waals surface area contributed by atoms with E-state index < -0.39 is 12.4 Å². The molecule has 0 bridgehead atoms. The van der Waals surface area contributed by atoms with Crippen molar-refractivity contribution < 1.29 is 32.2 Å². The maximum Gasteiger partial charge on any atom is 0.573 e. The minimum Gasteiger partial charge on any atom is -0.489 e. The second-order valence-electron chi connectivity index (χ2n) is 9.79. The first-order valence-corrected chi connectivity index (χ1v) is 12.3. The molecule has 0 saturated carbocycles. The van der Waals surface area contributed by atoms with Crippen LogP contribution in [0.1, 0.15) is 31.9 Å². The summed E-state index contributed by atoms with van der Waals surface area (Å²) in [7, 11) is 0. The van der Waals surface area contributed by atoms with Crippen molar-refractivity contribution in [2.24, 2.45) is 0 Å². The van der Waals surface area contributed by atoms with Crippen LogP contribution >= 0.6 is 0 Å². The first-order valence-electron chi connectivity index (χ1n) is 12.3. The van der Waals surface area contributed by atoms with Crippen molar-refractivity contribution in [3.63, 3.8) is 0 Å². The van der Waals surface area contributed by atoms with Gasteiger partial charge in [0.2, 0.25) is 5.88 Å². The average Bonchev–Trinajstić information content (AvgIpc) is 2.89. The number of nitrogens with one attached hydrogen (secondary N) is 2. The Hall–Kier alpha value is -4.73. The van der Waals surface area contributed by atoms with Gasteiger partial charge in [-0.3, -0.25) is 0 Å². The highest BCUT2D eigenvalue weighted by atomic mass is 19.4. The molecule has 4 rings (SSSR count). The van der Waals surface area contributed by atoms with Crippen LogP contribution in [0.25, 0.3) is 0 Å². The summed E-state index contributed by atoms with van der Waals surface area (Å²) in [5, 5.41) is 5.52. The quantitative estimate of drug-likeness (QED) is 0.230. The van der Waals surface area contributed by atoms with Crippen LogP contribution in [-0.4, -0.2) is 17.4 Å². The number of hydrogen-bond acceptors (Lipinski definition) is 5. The number of amides is 2. The zero-order valence-corrected chi connectivity index (χ0v) is 22.1. The number of urea groups is 1. The fourth-order valence-electron chi connectivity index (χ4n) is 3.72. The predicted molar refractivity (Wildman–Crippen MR) is 146 cm³/mol. The Morgan fingerprint density at radius 3 is 2.17 bits per heavy atom. The number of aromatic nitrogens is 1. The number of carbonyl (C=O) groups excluding carboxylic acids is 1. The average molecular weight is 552 g/mol. The number of para-hydroxylation sites is 1. The Morgan fingerprint density at radius 1 is 0.825 bits per heavy atom. The lowest BCUT2D eigenvalue weighted by Crippen LogP contribution is -2.20. The molecule has 2 amide bonds. The molecule has 1 heterocycles. The maximum atomic E-state index is 12.7. The summed E-state index contributed by atoms with van der Waals surface area (Å²) in [4.78, 5) is 17.0. The van der Waals surface area contributed by atoms with Crippen molar-refractivity contribution in [2.75, 3.05) is 10.6 Å². The van der Waals surface area contributed by atoms with E-state index in [0.717, 1.165) is 5.56 Å². The van der Waals surface area contributed by atoms with E-state index in [-0.39, 0.29) is 23.7 Å². The highest BCUT2D eigenvalue weighted by Gasteiger charge is 2.31. The fourth-order valence-corrected chi connectivity index (χ4v) is 3.72. The van der Waals surface area contributed by atoms with E-state index in [9.17, 15) is 18.0 Å². The molecule has 0 unspecified atom stereocenters. The highest BCUT2D eigenvalue weighted by molar-refractivity contribution is 6.00. The van der Waals surface area contributed by atoms with E-state index in [1.807, 2.05) is 24.3 Å². The van der Waals surface area contributed by atoms with E-state index in [4.69, 9.17) is 9.47 Å². The van der Waals surface area contributed by atoms with E-state index in [2.05, 4.69) is 41.1 Å². The third kappa shape index (κ3) is 8.13. The van der Waals surface area contributed by atoms with E-state index in [1.54, 1.807) is 42.6 Å². The minimum atomic E-state index is -4.74. The first-order chi connectivity index (χ1) is 19.0. The second-order valence-corrected chi connectivity index (χ2v) is 9.79. The van der Waals surface area contributed by atoms with Gasteiger partial charge in [0.1, 0.15) is 29.5 Å². The normalized spacial score (nSPS) is 11.4. The lowest BCUT2D eigenvalue weighted by Gasteiger charge is -2.22. The molecule has 0 aliphatic heterocycles. The van der Waals surface area contributed by atoms with Crippen molar-refractivity contribution in [1.29, 1.82) is 0 Å². The molecule has 208 valence electrons. The number of benzene rings is 3. The van der Waals surface area contributed by atoms with Crippen LogP contribution in [0, 0.1) is 0 Å². The summed E-state index contributed by atoms with van der Waals surface area (Å²) in [5.41, 5.74) is 2.43. The molecule has 40 heavy (non-hydrogen) atoms. The molecule has 0 saturated heterocycles. The number of nitrogens with zero attached hydrogens (tertiary/aromatic N) is 1. The van der Waals surface area contributed by atoms with Crippen LogP contribution in [0.2, 0.25) is 0 Å². The number of hydrogen-bond donors (Lipinski definition) is 2. The van der Waals surface area contributed by atoms with Gasteiger partial charge in [-0.05, 0) is 65.6 Å². The minimum absolute atomic E-state index is 0.141. The SMILES string of the molecule is CC(C)(C)c1ccccc1Oc1ncccc1NC(=O)Nc1ccc(OCc2ccc(OC(F)(F)F)cc2)cc1. The fraction of sp³-hybridized carbons (Fsp3) is 0.200. The Bertz CT molecular complexity index is 1430. The topological polar surface area (TPSA) is 81.7 Å². The molecular weight excluding hydrogens is 523 g/mol. The Balaban J connectivity index is 1.33. The monoisotopic (exact) mass is 551 g/mol. The molecule has 2 N–H and O–H groups in total. The second kappa shape index (κ2) is 12.0. The summed E-state index contributed by atoms with van der Waals surface area (Å²) < 4.78 is 52.5. The van der Waals surface area contributed by atoms with Crippen LogP contribution in [0.5, 0.6) is 23.1 Å². The van der Waals surface area contributed by atoms with Crippen molar-refractivity contribution >= 4 is 17.4 Å². The summed E-state index contributed by atoms with van der Waals surface area (Å²) in [6.07, 6.45) is -3.15. The summed E-state index contributed by atoms with van der Waals surface area (Å²) >= 11 is 0. The number of anilines is 2. The zero-order chi connectivity index (χ0) is 28.8. The van der Waals surface area contributed by atoms with E-state index in [0.29, 0.717) is 28.4 Å². The molecule has 0 fully saturated rings. The number of pyridine rings is 1. The molecule has 4 aromatic rings. The van der Waals surface area contributed by atoms with Crippen molar-refractivity contribution in [1.82, 2.24) is 4.98 Å². The number of rotatable bonds is 8. The summed E-state index contributed by atoms with van der Waals surface area (Å²) in [6, 6.07) is 22.7. The predicted octanol–water partition coefficient (Wildman–Crippen LogP) is 8.29. The van der Waals surface area contributed by atoms with E-state index >= 15 is 0 Å². The molecule has 10 heteroatoms. The van der Waals surface area contributed by atoms with Crippen LogP contribution in [0.3, 0.4) is 0 Å². The molecular formula is C30H28F3N3O4. The first kappa shape index (κ1) is 28.3. The van der Waals surface area contributed by atoms with Gasteiger partial charge in [-0.2, -0.15) is 0 Å². The third-order valence-corrected chi connectivity index (χ3v) is 5.60. The Labute approximate surface area is 229 Å². The number of ether oxygens (including phenoxy) is 3. The van der Waals surface area contributed by atoms with Crippen molar-refractivity contribution in [2.45, 2.75) is 39.2 Å². The molecule has 0 spiro atoms. The van der Waals surface area contributed by atoms with Crippen LogP contribution in [0.4, 0.5) is 29.3 Å². The summed E-state index contributed by atoms with van der Waals surface area (Å²) in [5.74, 6) is 1.13. The molecule has 0 atom stereocenters. The van der Waals surface area contributed by atoms with Crippen molar-refractivity contribution in [3.05, 3.63) is 102 Å². The van der Waals surface area contributed by atoms with Crippen LogP contribution in [-0.2, 0) is 12.0 Å². The van der Waals surface area contributed by atoms with Crippen molar-refractivity contribution in [3.8, 4) is 23.1 Å². The number of carbonyl (C=O) groups is 1. The molecule has 0 aliphatic rings. The summed E-state index contributed by atoms with van der Waals surface area (Å²) in [6.45, 7) is 6.41. The van der Waals surface area contributed by atoms with Gasteiger partial charge in [-0.1, -0.05) is 51.1 Å². The molecule has 3 aromatic carbocycles. The van der Waals surface area contributed by atoms with Gasteiger partial charge in [0, 0.05) is 17.4 Å². The molecule has 0 radical (unpaired) electrons. The largest absolute Gasteiger partial charge is 0.573 e. The zero-order valence-electron chi connectivity index (χ0n) is 22.1. The van der Waals surface area contributed by atoms with Gasteiger partial charge >= 0.3 is 12.4 Å². The Kier molecular flexibility index (Phi) is 8.47. The van der Waals surface area contributed by atoms with Gasteiger partial charge in [-0.25, -0.2) is 9.78 Å². The highest BCUT2D eigenvalue weighted by Crippen LogP contribution is 2.35. The van der Waals surface area contributed by atoms with Gasteiger partial charge in [0.15, 0.2) is 0 Å². The molecule has 7 nitrogen and oxygen atoms in total. The smallest absolute Gasteiger partial charge is 0.489 e. The van der Waals surface area contributed by atoms with Gasteiger partial charge in [0.05, 0.1) is 0 Å². The lowest BCUT2D eigenvalue weighted by molar-refractivity contribution is -0.274. The standard InChI is InChI=1S/C30H28F3N3O4/c1-29(2,3)24-7-4-5-9-26(24)39-27-25(8-6-18-34-27)36-28(37)35-21-12-16-22(17-13-21)38-19-20-10-14-23(15-11-20)40-30(31,32)33/h4-18H,19H2,1-3H3,(H2,35,36,37). The van der Waals surface area contributed by atoms with E-state index in [1.165, 1.54) is 24.3 Å². The number of alkyl halides is 3. The third-order valence-electron chi connectivity index (χ3n) is 5.60.